The van der Waals surface area contributed by atoms with Crippen LogP contribution in [0, 0.1) is 0 Å². The molecule has 0 atom stereocenters. The van der Waals surface area contributed by atoms with Gasteiger partial charge in [-0.3, -0.25) is 4.99 Å². The van der Waals surface area contributed by atoms with Crippen LogP contribution in [0.15, 0.2) is 4.99 Å². The number of nitrogens with one attached hydrogen (secondary N) is 2. The van der Waals surface area contributed by atoms with Crippen LogP contribution in [0.25, 0.3) is 0 Å². The van der Waals surface area contributed by atoms with Gasteiger partial charge in [-0.25, -0.2) is 0 Å². The van der Waals surface area contributed by atoms with E-state index in [-0.39, 0.29) is 6.54 Å². The van der Waals surface area contributed by atoms with Crippen LogP contribution in [0.5, 0.6) is 0 Å². The van der Waals surface area contributed by atoms with Crippen molar-refractivity contribution < 1.29 is 17.9 Å². The van der Waals surface area contributed by atoms with Crippen LogP contribution in [0.2, 0.25) is 0 Å². The lowest BCUT2D eigenvalue weighted by molar-refractivity contribution is -0.132. The summed E-state index contributed by atoms with van der Waals surface area (Å²) in [5.74, 6) is 0.344. The van der Waals surface area contributed by atoms with E-state index in [0.717, 1.165) is 0 Å². The summed E-state index contributed by atoms with van der Waals surface area (Å²) in [5, 5.41) is 5.35. The molecule has 0 aromatic carbocycles. The van der Waals surface area contributed by atoms with E-state index in [9.17, 15) is 13.2 Å². The second-order valence-corrected chi connectivity index (χ2v) is 2.78. The molecule has 0 radical (unpaired) electrons. The van der Waals surface area contributed by atoms with E-state index in [0.29, 0.717) is 19.1 Å². The highest BCUT2D eigenvalue weighted by atomic mass is 19.4. The van der Waals surface area contributed by atoms with Gasteiger partial charge in [-0.1, -0.05) is 0 Å². The van der Waals surface area contributed by atoms with Crippen molar-refractivity contribution in [1.82, 2.24) is 10.6 Å². The second kappa shape index (κ2) is 7.33. The Balaban J connectivity index is 3.63. The molecule has 0 aliphatic heterocycles. The average Bonchev–Trinajstić information content (AvgIpc) is 2.14. The number of aliphatic imine (C=N–C) groups is 1. The van der Waals surface area contributed by atoms with Gasteiger partial charge >= 0.3 is 6.18 Å². The maximum Gasteiger partial charge on any atom is 0.390 e. The third kappa shape index (κ3) is 9.33. The highest BCUT2D eigenvalue weighted by Gasteiger charge is 2.26. The van der Waals surface area contributed by atoms with Crippen molar-refractivity contribution in [3.63, 3.8) is 0 Å². The van der Waals surface area contributed by atoms with E-state index < -0.39 is 12.6 Å². The Bertz CT molecular complexity index is 194. The van der Waals surface area contributed by atoms with Crippen molar-refractivity contribution in [3.05, 3.63) is 0 Å². The quantitative estimate of drug-likeness (QED) is 0.414. The number of rotatable bonds is 5. The van der Waals surface area contributed by atoms with E-state index in [1.165, 1.54) is 7.05 Å². The van der Waals surface area contributed by atoms with E-state index >= 15 is 0 Å². The molecule has 0 rings (SSSR count). The zero-order valence-electron chi connectivity index (χ0n) is 8.82. The van der Waals surface area contributed by atoms with Crippen molar-refractivity contribution in [2.75, 3.05) is 33.9 Å². The number of guanidine groups is 1. The van der Waals surface area contributed by atoms with E-state index in [4.69, 9.17) is 4.74 Å². The van der Waals surface area contributed by atoms with Gasteiger partial charge in [0, 0.05) is 27.2 Å². The summed E-state index contributed by atoms with van der Waals surface area (Å²) in [4.78, 5) is 3.75. The third-order valence-corrected chi connectivity index (χ3v) is 1.52. The molecule has 0 heterocycles. The summed E-state index contributed by atoms with van der Waals surface area (Å²) in [6, 6.07) is 0. The standard InChI is InChI=1S/C8H16F3N3O/c1-12-7(14-5-6-15-2)13-4-3-8(9,10)11/h3-6H2,1-2H3,(H2,12,13,14). The Kier molecular flexibility index (Phi) is 6.85. The molecule has 0 saturated heterocycles. The van der Waals surface area contributed by atoms with Crippen molar-refractivity contribution in [1.29, 1.82) is 0 Å². The molecule has 0 fully saturated rings. The Hall–Kier alpha value is -0.980. The number of hydrogen-bond acceptors (Lipinski definition) is 2. The Morgan fingerprint density at radius 1 is 1.27 bits per heavy atom. The normalized spacial score (nSPS) is 12.7. The molecule has 0 amide bonds. The number of methoxy groups -OCH3 is 1. The van der Waals surface area contributed by atoms with Gasteiger partial charge in [-0.2, -0.15) is 13.2 Å². The van der Waals surface area contributed by atoms with Gasteiger partial charge in [0.2, 0.25) is 0 Å². The first kappa shape index (κ1) is 14.0. The first-order chi connectivity index (χ1) is 6.99. The molecule has 0 bridgehead atoms. The van der Waals surface area contributed by atoms with Gasteiger partial charge in [0.05, 0.1) is 13.0 Å². The van der Waals surface area contributed by atoms with Crippen LogP contribution in [0.3, 0.4) is 0 Å². The van der Waals surface area contributed by atoms with Crippen LogP contribution >= 0.6 is 0 Å². The van der Waals surface area contributed by atoms with Crippen molar-refractivity contribution in [2.45, 2.75) is 12.6 Å². The van der Waals surface area contributed by atoms with Crippen molar-refractivity contribution in [2.24, 2.45) is 4.99 Å². The second-order valence-electron chi connectivity index (χ2n) is 2.78. The Morgan fingerprint density at radius 3 is 2.33 bits per heavy atom. The van der Waals surface area contributed by atoms with Gasteiger partial charge < -0.3 is 15.4 Å². The zero-order chi connectivity index (χ0) is 11.7. The lowest BCUT2D eigenvalue weighted by Gasteiger charge is -2.12. The van der Waals surface area contributed by atoms with Gasteiger partial charge in [-0.15, -0.1) is 0 Å². The topological polar surface area (TPSA) is 45.7 Å². The molecule has 0 aromatic rings. The summed E-state index contributed by atoms with van der Waals surface area (Å²) in [6.45, 7) is 0.790. The van der Waals surface area contributed by atoms with E-state index in [1.807, 2.05) is 0 Å². The first-order valence-electron chi connectivity index (χ1n) is 4.50. The number of alkyl halides is 3. The summed E-state index contributed by atoms with van der Waals surface area (Å²) < 4.78 is 40.2. The van der Waals surface area contributed by atoms with E-state index in [1.54, 1.807) is 7.11 Å². The molecule has 0 aliphatic rings. The Labute approximate surface area is 86.9 Å². The van der Waals surface area contributed by atoms with Gasteiger partial charge in [0.25, 0.3) is 0 Å². The molecule has 0 unspecified atom stereocenters. The number of nitrogens with zero attached hydrogens (tertiary/aromatic N) is 1. The van der Waals surface area contributed by atoms with Crippen LogP contribution in [-0.2, 0) is 4.74 Å². The molecule has 15 heavy (non-hydrogen) atoms. The van der Waals surface area contributed by atoms with Crippen molar-refractivity contribution >= 4 is 5.96 Å². The minimum absolute atomic E-state index is 0.184. The van der Waals surface area contributed by atoms with Gasteiger partial charge in [-0.05, 0) is 0 Å². The van der Waals surface area contributed by atoms with Gasteiger partial charge in [0.15, 0.2) is 5.96 Å². The summed E-state index contributed by atoms with van der Waals surface area (Å²) in [6.07, 6.45) is -5.02. The third-order valence-electron chi connectivity index (χ3n) is 1.52. The van der Waals surface area contributed by atoms with Crippen LogP contribution in [0.1, 0.15) is 6.42 Å². The Morgan fingerprint density at radius 2 is 1.87 bits per heavy atom. The predicted molar refractivity (Wildman–Crippen MR) is 51.9 cm³/mol. The highest BCUT2D eigenvalue weighted by Crippen LogP contribution is 2.17. The molecule has 90 valence electrons. The van der Waals surface area contributed by atoms with Gasteiger partial charge in [0.1, 0.15) is 0 Å². The lowest BCUT2D eigenvalue weighted by Crippen LogP contribution is -2.40. The average molecular weight is 227 g/mol. The summed E-state index contributed by atoms with van der Waals surface area (Å²) in [5.41, 5.74) is 0. The van der Waals surface area contributed by atoms with Crippen LogP contribution in [-0.4, -0.2) is 46.0 Å². The molecule has 0 saturated carbocycles. The molecule has 4 nitrogen and oxygen atoms in total. The van der Waals surface area contributed by atoms with Crippen LogP contribution < -0.4 is 10.6 Å². The number of hydrogen-bond donors (Lipinski definition) is 2. The maximum absolute atomic E-state index is 11.8. The van der Waals surface area contributed by atoms with E-state index in [2.05, 4.69) is 15.6 Å². The molecular formula is C8H16F3N3O. The molecule has 0 aromatic heterocycles. The molecule has 7 heteroatoms. The molecule has 0 aliphatic carbocycles. The zero-order valence-corrected chi connectivity index (χ0v) is 8.82. The highest BCUT2D eigenvalue weighted by molar-refractivity contribution is 5.79. The fraction of sp³-hybridized carbons (Fsp3) is 0.875. The maximum atomic E-state index is 11.8. The number of halogens is 3. The lowest BCUT2D eigenvalue weighted by atomic mass is 10.4. The molecule has 0 spiro atoms. The number of ether oxygens (including phenoxy) is 1. The molecule has 2 N–H and O–H groups in total. The smallest absolute Gasteiger partial charge is 0.383 e. The largest absolute Gasteiger partial charge is 0.390 e. The monoisotopic (exact) mass is 227 g/mol. The minimum Gasteiger partial charge on any atom is -0.383 e. The fourth-order valence-corrected chi connectivity index (χ4v) is 0.815. The first-order valence-corrected chi connectivity index (χ1v) is 4.50. The van der Waals surface area contributed by atoms with Crippen molar-refractivity contribution in [3.8, 4) is 0 Å². The predicted octanol–water partition coefficient (Wildman–Crippen LogP) is 0.750. The summed E-state index contributed by atoms with van der Waals surface area (Å²) in [7, 11) is 3.04. The minimum atomic E-state index is -4.14. The van der Waals surface area contributed by atoms with Crippen LogP contribution in [0.4, 0.5) is 13.2 Å². The molecular weight excluding hydrogens is 211 g/mol. The SMILES string of the molecule is CN=C(NCCOC)NCCC(F)(F)F. The fourth-order valence-electron chi connectivity index (χ4n) is 0.815. The summed E-state index contributed by atoms with van der Waals surface area (Å²) >= 11 is 0.